The number of nitrogens with zero attached hydrogens (tertiary/aromatic N) is 1. The first-order chi connectivity index (χ1) is 7.81. The van der Waals surface area contributed by atoms with Gasteiger partial charge in [0.1, 0.15) is 0 Å². The maximum Gasteiger partial charge on any atom is 0.153 e. The number of benzene rings is 1. The van der Waals surface area contributed by atoms with Crippen molar-refractivity contribution in [3.05, 3.63) is 53.2 Å². The van der Waals surface area contributed by atoms with Crippen LogP contribution < -0.4 is 0 Å². The van der Waals surface area contributed by atoms with Crippen molar-refractivity contribution in [3.63, 3.8) is 0 Å². The van der Waals surface area contributed by atoms with Crippen molar-refractivity contribution >= 4 is 5.94 Å². The summed E-state index contributed by atoms with van der Waals surface area (Å²) in [6, 6.07) is 9.86. The zero-order valence-electron chi connectivity index (χ0n) is 9.14. The standard InChI is InChI=1S/C13H13NO2/c1-11-7-8-14(13(11)9-15)16-10-12-5-3-2-4-6-12/h2-7H,8,10H2,1H3. The van der Waals surface area contributed by atoms with Gasteiger partial charge in [-0.15, -0.1) is 0 Å². The van der Waals surface area contributed by atoms with Crippen molar-refractivity contribution in [3.8, 4) is 0 Å². The molecular formula is C13H13NO2. The molecule has 0 aromatic heterocycles. The van der Waals surface area contributed by atoms with Gasteiger partial charge in [-0.05, 0) is 18.1 Å². The second-order valence-electron chi connectivity index (χ2n) is 3.66. The average molecular weight is 215 g/mol. The molecule has 0 radical (unpaired) electrons. The summed E-state index contributed by atoms with van der Waals surface area (Å²) in [6.45, 7) is 2.96. The second-order valence-corrected chi connectivity index (χ2v) is 3.66. The molecule has 0 bridgehead atoms. The van der Waals surface area contributed by atoms with Crippen LogP contribution in [0.5, 0.6) is 0 Å². The maximum atomic E-state index is 10.7. The van der Waals surface area contributed by atoms with E-state index in [1.165, 1.54) is 0 Å². The third-order valence-corrected chi connectivity index (χ3v) is 2.51. The molecule has 1 aliphatic rings. The van der Waals surface area contributed by atoms with Crippen LogP contribution in [0, 0.1) is 0 Å². The zero-order chi connectivity index (χ0) is 11.4. The van der Waals surface area contributed by atoms with Gasteiger partial charge in [-0.3, -0.25) is 4.84 Å². The van der Waals surface area contributed by atoms with Crippen LogP contribution in [0.15, 0.2) is 47.7 Å². The smallest absolute Gasteiger partial charge is 0.153 e. The minimum atomic E-state index is 0.465. The van der Waals surface area contributed by atoms with Gasteiger partial charge < -0.3 is 0 Å². The first-order valence-electron chi connectivity index (χ1n) is 5.18. The van der Waals surface area contributed by atoms with Gasteiger partial charge in [0.2, 0.25) is 0 Å². The van der Waals surface area contributed by atoms with Crippen LogP contribution >= 0.6 is 0 Å². The Balaban J connectivity index is 1.96. The zero-order valence-corrected chi connectivity index (χ0v) is 9.14. The molecule has 3 heteroatoms. The van der Waals surface area contributed by atoms with Crippen molar-refractivity contribution in [1.82, 2.24) is 5.06 Å². The lowest BCUT2D eigenvalue weighted by Gasteiger charge is -2.17. The fourth-order valence-electron chi connectivity index (χ4n) is 1.58. The molecule has 16 heavy (non-hydrogen) atoms. The molecule has 0 spiro atoms. The molecule has 2 rings (SSSR count). The van der Waals surface area contributed by atoms with E-state index in [2.05, 4.69) is 0 Å². The first-order valence-corrected chi connectivity index (χ1v) is 5.18. The summed E-state index contributed by atoms with van der Waals surface area (Å²) in [4.78, 5) is 16.3. The molecule has 0 unspecified atom stereocenters. The van der Waals surface area contributed by atoms with Crippen LogP contribution in [0.25, 0.3) is 0 Å². The van der Waals surface area contributed by atoms with Crippen LogP contribution in [-0.4, -0.2) is 17.5 Å². The van der Waals surface area contributed by atoms with Crippen LogP contribution in [-0.2, 0) is 16.2 Å². The monoisotopic (exact) mass is 215 g/mol. The Labute approximate surface area is 94.6 Å². The second kappa shape index (κ2) is 4.79. The van der Waals surface area contributed by atoms with Gasteiger partial charge >= 0.3 is 0 Å². The highest BCUT2D eigenvalue weighted by Gasteiger charge is 2.18. The third-order valence-electron chi connectivity index (χ3n) is 2.51. The highest BCUT2D eigenvalue weighted by Crippen LogP contribution is 2.20. The molecule has 0 N–H and O–H groups in total. The molecule has 1 aromatic rings. The molecule has 1 aliphatic heterocycles. The van der Waals surface area contributed by atoms with Crippen LogP contribution in [0.1, 0.15) is 12.5 Å². The summed E-state index contributed by atoms with van der Waals surface area (Å²) >= 11 is 0. The van der Waals surface area contributed by atoms with Gasteiger partial charge in [0.25, 0.3) is 0 Å². The Kier molecular flexibility index (Phi) is 3.20. The molecule has 82 valence electrons. The van der Waals surface area contributed by atoms with Gasteiger partial charge in [-0.2, -0.15) is 0 Å². The average Bonchev–Trinajstić information content (AvgIpc) is 2.68. The molecule has 1 heterocycles. The molecule has 0 aliphatic carbocycles. The van der Waals surface area contributed by atoms with Crippen LogP contribution in [0.4, 0.5) is 0 Å². The predicted molar refractivity (Wildman–Crippen MR) is 60.9 cm³/mol. The topological polar surface area (TPSA) is 29.5 Å². The summed E-state index contributed by atoms with van der Waals surface area (Å²) in [5.41, 5.74) is 2.50. The Bertz CT molecular complexity index is 444. The number of hydrogen-bond acceptors (Lipinski definition) is 3. The summed E-state index contributed by atoms with van der Waals surface area (Å²) in [7, 11) is 0. The SMILES string of the molecule is CC1=CCN(OCc2ccccc2)C1=C=O. The van der Waals surface area contributed by atoms with E-state index in [0.717, 1.165) is 11.1 Å². The van der Waals surface area contributed by atoms with Gasteiger partial charge in [0.05, 0.1) is 13.2 Å². The lowest BCUT2D eigenvalue weighted by Crippen LogP contribution is -2.19. The highest BCUT2D eigenvalue weighted by molar-refractivity contribution is 5.60. The fraction of sp³-hybridized carbons (Fsp3) is 0.231. The summed E-state index contributed by atoms with van der Waals surface area (Å²) < 4.78 is 0. The molecule has 1 aromatic carbocycles. The van der Waals surface area contributed by atoms with Crippen LogP contribution in [0.2, 0.25) is 0 Å². The number of carbonyl (C=O) groups excluding carboxylic acids is 1. The molecule has 0 saturated heterocycles. The Morgan fingerprint density at radius 2 is 2.12 bits per heavy atom. The maximum absolute atomic E-state index is 10.7. The van der Waals surface area contributed by atoms with E-state index in [0.29, 0.717) is 18.8 Å². The van der Waals surface area contributed by atoms with Gasteiger partial charge in [-0.25, -0.2) is 9.86 Å². The van der Waals surface area contributed by atoms with Crippen molar-refractivity contribution in [2.24, 2.45) is 0 Å². The van der Waals surface area contributed by atoms with E-state index in [9.17, 15) is 4.79 Å². The molecule has 3 nitrogen and oxygen atoms in total. The Hall–Kier alpha value is -1.83. The first kappa shape index (κ1) is 10.7. The quantitative estimate of drug-likeness (QED) is 0.723. The lowest BCUT2D eigenvalue weighted by atomic mass is 10.2. The lowest BCUT2D eigenvalue weighted by molar-refractivity contribution is -0.127. The van der Waals surface area contributed by atoms with E-state index in [1.54, 1.807) is 5.06 Å². The summed E-state index contributed by atoms with van der Waals surface area (Å²) in [6.07, 6.45) is 1.95. The van der Waals surface area contributed by atoms with Crippen molar-refractivity contribution in [1.29, 1.82) is 0 Å². The third kappa shape index (κ3) is 2.22. The molecule has 0 saturated carbocycles. The molecular weight excluding hydrogens is 202 g/mol. The number of allylic oxidation sites excluding steroid dienone is 1. The molecule has 0 atom stereocenters. The van der Waals surface area contributed by atoms with E-state index < -0.39 is 0 Å². The number of hydroxylamine groups is 2. The normalized spacial score (nSPS) is 14.9. The van der Waals surface area contributed by atoms with E-state index in [1.807, 2.05) is 49.3 Å². The van der Waals surface area contributed by atoms with Crippen molar-refractivity contribution < 1.29 is 9.63 Å². The minimum Gasteiger partial charge on any atom is -0.268 e. The van der Waals surface area contributed by atoms with E-state index in [4.69, 9.17) is 4.84 Å². The van der Waals surface area contributed by atoms with E-state index >= 15 is 0 Å². The largest absolute Gasteiger partial charge is 0.268 e. The minimum absolute atomic E-state index is 0.465. The number of rotatable bonds is 3. The Morgan fingerprint density at radius 1 is 1.38 bits per heavy atom. The van der Waals surface area contributed by atoms with Crippen molar-refractivity contribution in [2.45, 2.75) is 13.5 Å². The van der Waals surface area contributed by atoms with Gasteiger partial charge in [-0.1, -0.05) is 36.4 Å². The summed E-state index contributed by atoms with van der Waals surface area (Å²) in [5.74, 6) is 1.90. The van der Waals surface area contributed by atoms with E-state index in [-0.39, 0.29) is 0 Å². The van der Waals surface area contributed by atoms with Gasteiger partial charge in [0, 0.05) is 0 Å². The van der Waals surface area contributed by atoms with Crippen LogP contribution in [0.3, 0.4) is 0 Å². The molecule has 0 fully saturated rings. The summed E-state index contributed by atoms with van der Waals surface area (Å²) in [5, 5.41) is 1.58. The fourth-order valence-corrected chi connectivity index (χ4v) is 1.58. The predicted octanol–water partition coefficient (Wildman–Crippen LogP) is 2.10. The number of hydrogen-bond donors (Lipinski definition) is 0. The Morgan fingerprint density at radius 3 is 2.81 bits per heavy atom. The molecule has 0 amide bonds. The van der Waals surface area contributed by atoms with Gasteiger partial charge in [0.15, 0.2) is 11.6 Å². The van der Waals surface area contributed by atoms with Crippen molar-refractivity contribution in [2.75, 3.05) is 6.54 Å². The highest BCUT2D eigenvalue weighted by atomic mass is 16.7.